The van der Waals surface area contributed by atoms with E-state index in [-0.39, 0.29) is 22.0 Å². The van der Waals surface area contributed by atoms with Crippen molar-refractivity contribution in [3.63, 3.8) is 0 Å². The van der Waals surface area contributed by atoms with Crippen LogP contribution in [0.15, 0.2) is 47.4 Å². The predicted octanol–water partition coefficient (Wildman–Crippen LogP) is 3.44. The van der Waals surface area contributed by atoms with Crippen molar-refractivity contribution in [1.29, 1.82) is 0 Å². The van der Waals surface area contributed by atoms with Crippen LogP contribution in [-0.2, 0) is 16.6 Å². The third kappa shape index (κ3) is 4.60. The predicted molar refractivity (Wildman–Crippen MR) is 99.1 cm³/mol. The fourth-order valence-corrected chi connectivity index (χ4v) is 4.15. The van der Waals surface area contributed by atoms with Gasteiger partial charge in [0.15, 0.2) is 0 Å². The molecule has 26 heavy (non-hydrogen) atoms. The molecular formula is C18H20ClFN2O3S. The number of amides is 1. The highest BCUT2D eigenvalue weighted by atomic mass is 35.5. The Bertz CT molecular complexity index is 882. The molecule has 0 unspecified atom stereocenters. The molecule has 0 bridgehead atoms. The first-order chi connectivity index (χ1) is 12.3. The third-order valence-corrected chi connectivity index (χ3v) is 6.27. The van der Waals surface area contributed by atoms with Gasteiger partial charge in [-0.25, -0.2) is 12.8 Å². The van der Waals surface area contributed by atoms with Gasteiger partial charge in [-0.05, 0) is 35.9 Å². The number of hydrogen-bond acceptors (Lipinski definition) is 3. The van der Waals surface area contributed by atoms with Gasteiger partial charge in [0, 0.05) is 19.6 Å². The Hall–Kier alpha value is -1.96. The number of halogens is 2. The maximum atomic E-state index is 13.0. The topological polar surface area (TPSA) is 66.5 Å². The van der Waals surface area contributed by atoms with Gasteiger partial charge in [0.2, 0.25) is 10.0 Å². The van der Waals surface area contributed by atoms with E-state index in [4.69, 9.17) is 11.6 Å². The van der Waals surface area contributed by atoms with Crippen LogP contribution in [0.1, 0.15) is 29.8 Å². The highest BCUT2D eigenvalue weighted by molar-refractivity contribution is 7.89. The number of nitrogens with one attached hydrogen (secondary N) is 1. The van der Waals surface area contributed by atoms with Crippen LogP contribution >= 0.6 is 11.6 Å². The molecule has 140 valence electrons. The molecule has 2 aromatic rings. The molecule has 0 radical (unpaired) electrons. The second kappa shape index (κ2) is 8.62. The molecular weight excluding hydrogens is 379 g/mol. The van der Waals surface area contributed by atoms with E-state index in [9.17, 15) is 17.6 Å². The van der Waals surface area contributed by atoms with Crippen LogP contribution in [0.4, 0.5) is 4.39 Å². The van der Waals surface area contributed by atoms with E-state index < -0.39 is 21.7 Å². The number of benzene rings is 2. The normalized spacial score (nSPS) is 11.6. The molecule has 0 aliphatic carbocycles. The number of rotatable bonds is 7. The molecule has 0 atom stereocenters. The number of nitrogens with zero attached hydrogens (tertiary/aromatic N) is 1. The van der Waals surface area contributed by atoms with E-state index in [0.29, 0.717) is 13.1 Å². The van der Waals surface area contributed by atoms with Gasteiger partial charge in [-0.3, -0.25) is 4.79 Å². The summed E-state index contributed by atoms with van der Waals surface area (Å²) in [7, 11) is -3.51. The molecule has 2 rings (SSSR count). The quantitative estimate of drug-likeness (QED) is 0.776. The summed E-state index contributed by atoms with van der Waals surface area (Å²) in [6.07, 6.45) is 0. The van der Waals surface area contributed by atoms with Crippen molar-refractivity contribution in [3.05, 3.63) is 64.4 Å². The molecule has 0 aliphatic rings. The minimum absolute atomic E-state index is 0.0307. The van der Waals surface area contributed by atoms with Crippen molar-refractivity contribution in [1.82, 2.24) is 9.62 Å². The molecule has 0 aliphatic heterocycles. The fraction of sp³-hybridized carbons (Fsp3) is 0.278. The highest BCUT2D eigenvalue weighted by Gasteiger charge is 2.21. The molecule has 8 heteroatoms. The zero-order valence-corrected chi connectivity index (χ0v) is 16.1. The second-order valence-corrected chi connectivity index (χ2v) is 7.89. The minimum Gasteiger partial charge on any atom is -0.348 e. The third-order valence-electron chi connectivity index (χ3n) is 3.90. The summed E-state index contributed by atoms with van der Waals surface area (Å²) in [4.78, 5) is 12.3. The van der Waals surface area contributed by atoms with Gasteiger partial charge < -0.3 is 5.32 Å². The SMILES string of the molecule is CCN(CC)S(=O)(=O)c1ccc(CNC(=O)c2ccc(F)cc2Cl)cc1. The van der Waals surface area contributed by atoms with E-state index in [1.165, 1.54) is 22.5 Å². The first-order valence-electron chi connectivity index (χ1n) is 8.12. The number of sulfonamides is 1. The van der Waals surface area contributed by atoms with Crippen LogP contribution in [0.2, 0.25) is 5.02 Å². The van der Waals surface area contributed by atoms with E-state index in [2.05, 4.69) is 5.32 Å². The molecule has 0 aromatic heterocycles. The summed E-state index contributed by atoms with van der Waals surface area (Å²) in [6, 6.07) is 9.86. The zero-order valence-electron chi connectivity index (χ0n) is 14.5. The molecule has 0 saturated heterocycles. The van der Waals surface area contributed by atoms with Gasteiger partial charge in [0.1, 0.15) is 5.82 Å². The molecule has 0 saturated carbocycles. The Kier molecular flexibility index (Phi) is 6.75. The van der Waals surface area contributed by atoms with E-state index in [1.54, 1.807) is 26.0 Å². The summed E-state index contributed by atoms with van der Waals surface area (Å²) < 4.78 is 39.3. The lowest BCUT2D eigenvalue weighted by molar-refractivity contribution is 0.0951. The van der Waals surface area contributed by atoms with Gasteiger partial charge in [-0.15, -0.1) is 0 Å². The number of carbonyl (C=O) groups is 1. The molecule has 0 heterocycles. The van der Waals surface area contributed by atoms with Crippen molar-refractivity contribution in [3.8, 4) is 0 Å². The summed E-state index contributed by atoms with van der Waals surface area (Å²) in [5.74, 6) is -0.952. The molecule has 0 spiro atoms. The molecule has 0 fully saturated rings. The van der Waals surface area contributed by atoms with Crippen LogP contribution in [0.3, 0.4) is 0 Å². The van der Waals surface area contributed by atoms with E-state index in [0.717, 1.165) is 17.7 Å². The van der Waals surface area contributed by atoms with Crippen molar-refractivity contribution < 1.29 is 17.6 Å². The Morgan fingerprint density at radius 2 is 1.73 bits per heavy atom. The van der Waals surface area contributed by atoms with Crippen LogP contribution in [0.5, 0.6) is 0 Å². The second-order valence-electron chi connectivity index (χ2n) is 5.54. The lowest BCUT2D eigenvalue weighted by Gasteiger charge is -2.18. The fourth-order valence-electron chi connectivity index (χ4n) is 2.44. The van der Waals surface area contributed by atoms with Crippen molar-refractivity contribution in [2.24, 2.45) is 0 Å². The minimum atomic E-state index is -3.51. The lowest BCUT2D eigenvalue weighted by atomic mass is 10.2. The first-order valence-corrected chi connectivity index (χ1v) is 9.93. The molecule has 1 N–H and O–H groups in total. The van der Waals surface area contributed by atoms with E-state index >= 15 is 0 Å². The lowest BCUT2D eigenvalue weighted by Crippen LogP contribution is -2.30. The molecule has 1 amide bonds. The number of hydrogen-bond donors (Lipinski definition) is 1. The Morgan fingerprint density at radius 3 is 2.27 bits per heavy atom. The maximum absolute atomic E-state index is 13.0. The summed E-state index contributed by atoms with van der Waals surface area (Å²) in [5.41, 5.74) is 0.906. The van der Waals surface area contributed by atoms with Crippen LogP contribution < -0.4 is 5.32 Å². The highest BCUT2D eigenvalue weighted by Crippen LogP contribution is 2.18. The monoisotopic (exact) mass is 398 g/mol. The smallest absolute Gasteiger partial charge is 0.253 e. The van der Waals surface area contributed by atoms with Crippen LogP contribution in [0, 0.1) is 5.82 Å². The van der Waals surface area contributed by atoms with Gasteiger partial charge in [-0.2, -0.15) is 4.31 Å². The standard InChI is InChI=1S/C18H20ClFN2O3S/c1-3-22(4-2)26(24,25)15-8-5-13(6-9-15)12-21-18(23)16-10-7-14(20)11-17(16)19/h5-11H,3-4,12H2,1-2H3,(H,21,23). The van der Waals surface area contributed by atoms with Crippen molar-refractivity contribution >= 4 is 27.5 Å². The van der Waals surface area contributed by atoms with Gasteiger partial charge in [-0.1, -0.05) is 37.6 Å². The average molecular weight is 399 g/mol. The summed E-state index contributed by atoms with van der Waals surface area (Å²) in [6.45, 7) is 4.55. The summed E-state index contributed by atoms with van der Waals surface area (Å²) in [5, 5.41) is 2.70. The summed E-state index contributed by atoms with van der Waals surface area (Å²) >= 11 is 5.86. The van der Waals surface area contributed by atoms with Gasteiger partial charge in [0.05, 0.1) is 15.5 Å². The largest absolute Gasteiger partial charge is 0.348 e. The van der Waals surface area contributed by atoms with Crippen molar-refractivity contribution in [2.45, 2.75) is 25.3 Å². The van der Waals surface area contributed by atoms with Crippen molar-refractivity contribution in [2.75, 3.05) is 13.1 Å². The van der Waals surface area contributed by atoms with E-state index in [1.807, 2.05) is 0 Å². The Balaban J connectivity index is 2.07. The molecule has 2 aromatic carbocycles. The Labute approximate surface area is 157 Å². The maximum Gasteiger partial charge on any atom is 0.253 e. The average Bonchev–Trinajstić information content (AvgIpc) is 2.61. The molecule has 5 nitrogen and oxygen atoms in total. The zero-order chi connectivity index (χ0) is 19.3. The Morgan fingerprint density at radius 1 is 1.12 bits per heavy atom. The van der Waals surface area contributed by atoms with Gasteiger partial charge >= 0.3 is 0 Å². The van der Waals surface area contributed by atoms with Crippen LogP contribution in [0.25, 0.3) is 0 Å². The van der Waals surface area contributed by atoms with Gasteiger partial charge in [0.25, 0.3) is 5.91 Å². The number of carbonyl (C=O) groups excluding carboxylic acids is 1. The first kappa shape index (κ1) is 20.4. The van der Waals surface area contributed by atoms with Crippen LogP contribution in [-0.4, -0.2) is 31.7 Å².